The van der Waals surface area contributed by atoms with Gasteiger partial charge in [-0.3, -0.25) is 0 Å². The van der Waals surface area contributed by atoms with Gasteiger partial charge in [0.05, 0.1) is 20.2 Å². The average Bonchev–Trinajstić information content (AvgIpc) is 2.40. The molecule has 2 fully saturated rings. The summed E-state index contributed by atoms with van der Waals surface area (Å²) in [5.41, 5.74) is 0. The molecule has 9 heteroatoms. The zero-order chi connectivity index (χ0) is 15.2. The molecule has 0 N–H and O–H groups in total. The van der Waals surface area contributed by atoms with Crippen LogP contribution in [0.1, 0.15) is 64.2 Å². The Kier molecular flexibility index (Phi) is 10.6. The molecule has 0 bridgehead atoms. The SMILES string of the molecule is O=S(=O)([O-])C1CCCCC1.O=S(=O)([O-])C1CCCCC1.[Ca+2]. The van der Waals surface area contributed by atoms with Crippen molar-refractivity contribution < 1.29 is 25.9 Å². The molecule has 6 nitrogen and oxygen atoms in total. The summed E-state index contributed by atoms with van der Waals surface area (Å²) in [5, 5.41) is -1.16. The van der Waals surface area contributed by atoms with Crippen molar-refractivity contribution in [1.82, 2.24) is 0 Å². The Morgan fingerprint density at radius 2 is 0.810 bits per heavy atom. The van der Waals surface area contributed by atoms with Gasteiger partial charge in [-0.25, -0.2) is 16.8 Å². The van der Waals surface area contributed by atoms with Crippen molar-refractivity contribution in [1.29, 1.82) is 0 Å². The molecule has 120 valence electrons. The van der Waals surface area contributed by atoms with Crippen LogP contribution in [0.4, 0.5) is 0 Å². The van der Waals surface area contributed by atoms with Gasteiger partial charge >= 0.3 is 37.7 Å². The number of hydrogen-bond donors (Lipinski definition) is 0. The molecule has 0 aromatic carbocycles. The van der Waals surface area contributed by atoms with E-state index >= 15 is 0 Å². The second-order valence-electron chi connectivity index (χ2n) is 5.51. The Hall–Kier alpha value is 1.08. The van der Waals surface area contributed by atoms with Crippen molar-refractivity contribution >= 4 is 58.0 Å². The van der Waals surface area contributed by atoms with Crippen molar-refractivity contribution in [2.75, 3.05) is 0 Å². The Morgan fingerprint density at radius 3 is 0.952 bits per heavy atom. The third-order valence-electron chi connectivity index (χ3n) is 3.92. The maximum Gasteiger partial charge on any atom is 2.00 e. The maximum atomic E-state index is 10.4. The molecule has 0 saturated heterocycles. The first-order chi connectivity index (χ1) is 9.21. The average molecular weight is 367 g/mol. The molecule has 0 spiro atoms. The van der Waals surface area contributed by atoms with Crippen molar-refractivity contribution in [2.24, 2.45) is 0 Å². The van der Waals surface area contributed by atoms with E-state index in [2.05, 4.69) is 0 Å². The molecule has 0 unspecified atom stereocenters. The van der Waals surface area contributed by atoms with Crippen molar-refractivity contribution in [3.8, 4) is 0 Å². The largest absolute Gasteiger partial charge is 2.00 e. The van der Waals surface area contributed by atoms with Crippen LogP contribution in [0.2, 0.25) is 0 Å². The fourth-order valence-electron chi connectivity index (χ4n) is 2.71. The predicted molar refractivity (Wildman–Crippen MR) is 78.9 cm³/mol. The summed E-state index contributed by atoms with van der Waals surface area (Å²) in [6, 6.07) is 0. The first-order valence-electron chi connectivity index (χ1n) is 7.10. The van der Waals surface area contributed by atoms with E-state index in [0.717, 1.165) is 38.5 Å². The van der Waals surface area contributed by atoms with Crippen LogP contribution in [0.5, 0.6) is 0 Å². The Morgan fingerprint density at radius 1 is 0.571 bits per heavy atom. The van der Waals surface area contributed by atoms with Gasteiger partial charge in [-0.05, 0) is 25.7 Å². The van der Waals surface area contributed by atoms with Crippen LogP contribution in [-0.4, -0.2) is 74.2 Å². The van der Waals surface area contributed by atoms with Gasteiger partial charge in [0.25, 0.3) is 0 Å². The molecule has 0 aromatic heterocycles. The van der Waals surface area contributed by atoms with Gasteiger partial charge in [0.1, 0.15) is 0 Å². The quantitative estimate of drug-likeness (QED) is 0.538. The van der Waals surface area contributed by atoms with E-state index in [1.54, 1.807) is 0 Å². The molecule has 2 aliphatic carbocycles. The van der Waals surface area contributed by atoms with Crippen LogP contribution < -0.4 is 0 Å². The van der Waals surface area contributed by atoms with E-state index in [4.69, 9.17) is 0 Å². The topological polar surface area (TPSA) is 114 Å². The number of hydrogen-bond acceptors (Lipinski definition) is 6. The molecule has 0 amide bonds. The molecule has 0 aliphatic heterocycles. The minimum absolute atomic E-state index is 0. The molecule has 2 saturated carbocycles. The summed E-state index contributed by atoms with van der Waals surface area (Å²) in [7, 11) is -7.95. The van der Waals surface area contributed by atoms with E-state index in [1.807, 2.05) is 0 Å². The second-order valence-corrected chi connectivity index (χ2v) is 8.81. The first-order valence-corrected chi connectivity index (χ1v) is 10.0. The van der Waals surface area contributed by atoms with Crippen LogP contribution in [0, 0.1) is 0 Å². The monoisotopic (exact) mass is 366 g/mol. The van der Waals surface area contributed by atoms with Crippen LogP contribution >= 0.6 is 0 Å². The molecule has 0 aromatic rings. The third-order valence-corrected chi connectivity index (χ3v) is 6.50. The zero-order valence-electron chi connectivity index (χ0n) is 12.2. The summed E-state index contributed by atoms with van der Waals surface area (Å²) in [5.74, 6) is 0. The molecule has 2 aliphatic rings. The Labute approximate surface area is 157 Å². The standard InChI is InChI=1S/2C6H12O3S.Ca/c2*7-10(8,9)6-4-2-1-3-5-6;/h2*6H,1-5H2,(H,7,8,9);/q;;+2/p-2. The van der Waals surface area contributed by atoms with Crippen LogP contribution in [0.3, 0.4) is 0 Å². The molecule has 2 rings (SSSR count). The zero-order valence-corrected chi connectivity index (χ0v) is 16.0. The fraction of sp³-hybridized carbons (Fsp3) is 1.00. The van der Waals surface area contributed by atoms with Gasteiger partial charge < -0.3 is 9.11 Å². The van der Waals surface area contributed by atoms with E-state index in [-0.39, 0.29) is 37.7 Å². The molecule has 0 heterocycles. The van der Waals surface area contributed by atoms with Gasteiger partial charge in [-0.15, -0.1) is 0 Å². The van der Waals surface area contributed by atoms with Gasteiger partial charge in [-0.1, -0.05) is 38.5 Å². The smallest absolute Gasteiger partial charge is 0.748 e. The van der Waals surface area contributed by atoms with E-state index in [1.165, 1.54) is 0 Å². The normalized spacial score (nSPS) is 21.8. The van der Waals surface area contributed by atoms with E-state index in [9.17, 15) is 25.9 Å². The summed E-state index contributed by atoms with van der Waals surface area (Å²) in [4.78, 5) is 0. The predicted octanol–water partition coefficient (Wildman–Crippen LogP) is 1.35. The van der Waals surface area contributed by atoms with Crippen LogP contribution in [0.15, 0.2) is 0 Å². The summed E-state index contributed by atoms with van der Waals surface area (Å²) < 4.78 is 62.6. The van der Waals surface area contributed by atoms with Crippen molar-refractivity contribution in [3.05, 3.63) is 0 Å². The summed E-state index contributed by atoms with van der Waals surface area (Å²) in [6.07, 6.45) is 8.03. The summed E-state index contributed by atoms with van der Waals surface area (Å²) in [6.45, 7) is 0. The Balaban J connectivity index is 0.000000364. The fourth-order valence-corrected chi connectivity index (χ4v) is 4.53. The van der Waals surface area contributed by atoms with Crippen molar-refractivity contribution in [3.63, 3.8) is 0 Å². The third kappa shape index (κ3) is 9.07. The minimum Gasteiger partial charge on any atom is -0.748 e. The molecule has 0 atom stereocenters. The molecule has 0 radical (unpaired) electrons. The van der Waals surface area contributed by atoms with Crippen LogP contribution in [-0.2, 0) is 20.2 Å². The van der Waals surface area contributed by atoms with Gasteiger partial charge in [0.2, 0.25) is 0 Å². The first kappa shape index (κ1) is 22.1. The van der Waals surface area contributed by atoms with Gasteiger partial charge in [0, 0.05) is 10.5 Å². The minimum atomic E-state index is -3.98. The second kappa shape index (κ2) is 10.1. The Bertz CT molecular complexity index is 430. The molecule has 21 heavy (non-hydrogen) atoms. The van der Waals surface area contributed by atoms with E-state index < -0.39 is 30.7 Å². The van der Waals surface area contributed by atoms with Gasteiger partial charge in [0.15, 0.2) is 0 Å². The van der Waals surface area contributed by atoms with Crippen LogP contribution in [0.25, 0.3) is 0 Å². The van der Waals surface area contributed by atoms with E-state index in [0.29, 0.717) is 25.7 Å². The summed E-state index contributed by atoms with van der Waals surface area (Å²) >= 11 is 0. The molecular weight excluding hydrogens is 344 g/mol. The van der Waals surface area contributed by atoms with Crippen molar-refractivity contribution in [2.45, 2.75) is 74.7 Å². The number of rotatable bonds is 2. The maximum absolute atomic E-state index is 10.4. The molecular formula is C12H22CaO6S2. The van der Waals surface area contributed by atoms with Gasteiger partial charge in [-0.2, -0.15) is 0 Å².